The first-order valence-electron chi connectivity index (χ1n) is 5.63. The van der Waals surface area contributed by atoms with Crippen molar-refractivity contribution in [3.05, 3.63) is 28.1 Å². The van der Waals surface area contributed by atoms with Gasteiger partial charge in [0.25, 0.3) is 0 Å². The molecule has 5 nitrogen and oxygen atoms in total. The number of hydrogen-bond acceptors (Lipinski definition) is 5. The van der Waals surface area contributed by atoms with Crippen LogP contribution in [0.15, 0.2) is 21.2 Å². The molecule has 0 spiro atoms. The minimum Gasteiger partial charge on any atom is -0.460 e. The summed E-state index contributed by atoms with van der Waals surface area (Å²) in [6.45, 7) is 6.10. The first-order valence-corrected chi connectivity index (χ1v) is 6.42. The normalized spacial score (nSPS) is 11.0. The van der Waals surface area contributed by atoms with E-state index in [9.17, 15) is 0 Å². The molecule has 0 amide bonds. The molecular weight excluding hydrogens is 296 g/mol. The van der Waals surface area contributed by atoms with E-state index in [4.69, 9.17) is 10.3 Å². The molecule has 0 unspecified atom stereocenters. The first kappa shape index (κ1) is 13.0. The van der Waals surface area contributed by atoms with Crippen LogP contribution in [0.5, 0.6) is 0 Å². The summed E-state index contributed by atoms with van der Waals surface area (Å²) in [5.74, 6) is 7.58. The highest BCUT2D eigenvalue weighted by Gasteiger charge is 2.17. The molecule has 0 saturated heterocycles. The molecule has 0 radical (unpaired) electrons. The zero-order valence-corrected chi connectivity index (χ0v) is 12.1. The lowest BCUT2D eigenvalue weighted by Crippen LogP contribution is -2.14. The predicted octanol–water partition coefficient (Wildman–Crippen LogP) is 3.22. The van der Waals surface area contributed by atoms with Gasteiger partial charge in [0.1, 0.15) is 5.82 Å². The molecule has 0 saturated carbocycles. The second kappa shape index (κ2) is 5.07. The number of furan rings is 1. The smallest absolute Gasteiger partial charge is 0.199 e. The maximum atomic E-state index is 5.54. The van der Waals surface area contributed by atoms with Crippen molar-refractivity contribution in [1.82, 2.24) is 9.97 Å². The number of halogens is 1. The van der Waals surface area contributed by atoms with E-state index in [1.807, 2.05) is 6.92 Å². The van der Waals surface area contributed by atoms with Gasteiger partial charge in [-0.3, -0.25) is 0 Å². The van der Waals surface area contributed by atoms with Crippen molar-refractivity contribution in [3.63, 3.8) is 0 Å². The summed E-state index contributed by atoms with van der Waals surface area (Å²) in [6.07, 6.45) is 1.59. The third-order valence-electron chi connectivity index (χ3n) is 2.67. The van der Waals surface area contributed by atoms with Gasteiger partial charge in [-0.15, -0.1) is 0 Å². The van der Waals surface area contributed by atoms with Crippen molar-refractivity contribution in [2.24, 2.45) is 5.84 Å². The van der Waals surface area contributed by atoms with Crippen molar-refractivity contribution in [1.29, 1.82) is 0 Å². The zero-order chi connectivity index (χ0) is 13.3. The van der Waals surface area contributed by atoms with Gasteiger partial charge < -0.3 is 9.84 Å². The molecular formula is C12H15BrN4O. The van der Waals surface area contributed by atoms with Gasteiger partial charge in [-0.1, -0.05) is 13.8 Å². The Hall–Kier alpha value is -1.40. The van der Waals surface area contributed by atoms with E-state index in [-0.39, 0.29) is 0 Å². The summed E-state index contributed by atoms with van der Waals surface area (Å²) in [5.41, 5.74) is 4.54. The maximum Gasteiger partial charge on any atom is 0.199 e. The minimum absolute atomic E-state index is 0.296. The van der Waals surface area contributed by atoms with Crippen molar-refractivity contribution in [2.45, 2.75) is 26.7 Å². The van der Waals surface area contributed by atoms with Crippen LogP contribution < -0.4 is 11.3 Å². The van der Waals surface area contributed by atoms with Gasteiger partial charge >= 0.3 is 0 Å². The number of rotatable bonds is 3. The van der Waals surface area contributed by atoms with E-state index in [1.165, 1.54) is 0 Å². The number of anilines is 1. The number of nitrogens with two attached hydrogens (primary N) is 1. The summed E-state index contributed by atoms with van der Waals surface area (Å²) in [5, 5.41) is 0. The van der Waals surface area contributed by atoms with E-state index >= 15 is 0 Å². The predicted molar refractivity (Wildman–Crippen MR) is 74.1 cm³/mol. The summed E-state index contributed by atoms with van der Waals surface area (Å²) in [4.78, 5) is 8.88. The lowest BCUT2D eigenvalue weighted by Gasteiger charge is -2.14. The average Bonchev–Trinajstić information content (AvgIpc) is 2.73. The number of nitrogen functional groups attached to an aromatic ring is 1. The SMILES string of the molecule is Cc1nc(-c2occc2Br)nc(NN)c1C(C)C. The van der Waals surface area contributed by atoms with Gasteiger partial charge in [0.15, 0.2) is 11.6 Å². The Morgan fingerprint density at radius 2 is 2.11 bits per heavy atom. The highest BCUT2D eigenvalue weighted by atomic mass is 79.9. The number of aromatic nitrogens is 2. The van der Waals surface area contributed by atoms with Crippen LogP contribution in [0.4, 0.5) is 5.82 Å². The largest absolute Gasteiger partial charge is 0.460 e. The van der Waals surface area contributed by atoms with Crippen molar-refractivity contribution in [2.75, 3.05) is 5.43 Å². The molecule has 2 heterocycles. The van der Waals surface area contributed by atoms with Crippen LogP contribution in [-0.2, 0) is 0 Å². The van der Waals surface area contributed by atoms with Gasteiger partial charge in [0.2, 0.25) is 0 Å². The number of hydrazine groups is 1. The quantitative estimate of drug-likeness (QED) is 0.672. The molecule has 2 rings (SSSR count). The summed E-state index contributed by atoms with van der Waals surface area (Å²) in [7, 11) is 0. The standard InChI is InChI=1S/C12H15BrN4O/c1-6(2)9-7(3)15-12(16-11(9)17-14)10-8(13)4-5-18-10/h4-6H,14H2,1-3H3,(H,15,16,17). The molecule has 3 N–H and O–H groups in total. The Balaban J connectivity index is 2.60. The third kappa shape index (κ3) is 2.26. The molecule has 0 bridgehead atoms. The molecule has 2 aromatic heterocycles. The molecule has 0 aliphatic rings. The summed E-state index contributed by atoms with van der Waals surface area (Å²) in [6, 6.07) is 1.81. The molecule has 0 fully saturated rings. The highest BCUT2D eigenvalue weighted by Crippen LogP contribution is 2.31. The van der Waals surface area contributed by atoms with Gasteiger partial charge in [-0.2, -0.15) is 0 Å². The fraction of sp³-hybridized carbons (Fsp3) is 0.333. The fourth-order valence-corrected chi connectivity index (χ4v) is 2.32. The van der Waals surface area contributed by atoms with Crippen LogP contribution in [0.25, 0.3) is 11.6 Å². The number of aryl methyl sites for hydroxylation is 1. The van der Waals surface area contributed by atoms with Crippen molar-refractivity contribution in [3.8, 4) is 11.6 Å². The van der Waals surface area contributed by atoms with Crippen LogP contribution in [-0.4, -0.2) is 9.97 Å². The molecule has 0 aromatic carbocycles. The summed E-state index contributed by atoms with van der Waals surface area (Å²) >= 11 is 3.40. The molecule has 0 aliphatic heterocycles. The monoisotopic (exact) mass is 310 g/mol. The van der Waals surface area contributed by atoms with Gasteiger partial charge in [0, 0.05) is 11.3 Å². The van der Waals surface area contributed by atoms with E-state index in [2.05, 4.69) is 45.2 Å². The van der Waals surface area contributed by atoms with Gasteiger partial charge in [-0.25, -0.2) is 15.8 Å². The molecule has 18 heavy (non-hydrogen) atoms. The van der Waals surface area contributed by atoms with Crippen LogP contribution in [0.3, 0.4) is 0 Å². The molecule has 0 aliphatic carbocycles. The zero-order valence-electron chi connectivity index (χ0n) is 10.5. The van der Waals surface area contributed by atoms with E-state index in [0.29, 0.717) is 23.3 Å². The van der Waals surface area contributed by atoms with Gasteiger partial charge in [0.05, 0.1) is 10.7 Å². The molecule has 96 valence electrons. The Morgan fingerprint density at radius 3 is 2.61 bits per heavy atom. The Bertz CT molecular complexity index is 565. The second-order valence-electron chi connectivity index (χ2n) is 4.29. The van der Waals surface area contributed by atoms with Crippen LogP contribution in [0.1, 0.15) is 31.0 Å². The Labute approximate surface area is 114 Å². The minimum atomic E-state index is 0.296. The molecule has 2 aromatic rings. The number of hydrogen-bond donors (Lipinski definition) is 2. The van der Waals surface area contributed by atoms with E-state index < -0.39 is 0 Å². The number of nitrogens with zero attached hydrogens (tertiary/aromatic N) is 2. The van der Waals surface area contributed by atoms with E-state index in [1.54, 1.807) is 12.3 Å². The Kier molecular flexibility index (Phi) is 3.68. The molecule has 6 heteroatoms. The second-order valence-corrected chi connectivity index (χ2v) is 5.15. The Morgan fingerprint density at radius 1 is 1.39 bits per heavy atom. The highest BCUT2D eigenvalue weighted by molar-refractivity contribution is 9.10. The summed E-state index contributed by atoms with van der Waals surface area (Å²) < 4.78 is 6.19. The van der Waals surface area contributed by atoms with Crippen molar-refractivity contribution < 1.29 is 4.42 Å². The third-order valence-corrected chi connectivity index (χ3v) is 3.30. The van der Waals surface area contributed by atoms with Crippen LogP contribution in [0.2, 0.25) is 0 Å². The first-order chi connectivity index (χ1) is 8.54. The maximum absolute atomic E-state index is 5.54. The average molecular weight is 311 g/mol. The van der Waals surface area contributed by atoms with Crippen LogP contribution in [0, 0.1) is 6.92 Å². The van der Waals surface area contributed by atoms with Crippen molar-refractivity contribution >= 4 is 21.7 Å². The lowest BCUT2D eigenvalue weighted by atomic mass is 10.0. The molecule has 0 atom stereocenters. The van der Waals surface area contributed by atoms with E-state index in [0.717, 1.165) is 15.7 Å². The fourth-order valence-electron chi connectivity index (χ4n) is 1.94. The van der Waals surface area contributed by atoms with Gasteiger partial charge in [-0.05, 0) is 34.8 Å². The topological polar surface area (TPSA) is 77.0 Å². The lowest BCUT2D eigenvalue weighted by molar-refractivity contribution is 0.575. The number of nitrogens with one attached hydrogen (secondary N) is 1. The van der Waals surface area contributed by atoms with Crippen LogP contribution >= 0.6 is 15.9 Å².